The van der Waals surface area contributed by atoms with E-state index in [4.69, 9.17) is 0 Å². The Labute approximate surface area is 127 Å². The van der Waals surface area contributed by atoms with Gasteiger partial charge in [-0.05, 0) is 31.9 Å². The smallest absolute Gasteiger partial charge is 0.391 e. The minimum atomic E-state index is -4.49. The van der Waals surface area contributed by atoms with Crippen LogP contribution in [0.25, 0.3) is 0 Å². The van der Waals surface area contributed by atoms with Gasteiger partial charge < -0.3 is 10.0 Å². The third kappa shape index (κ3) is 3.50. The van der Waals surface area contributed by atoms with Crippen LogP contribution in [0.1, 0.15) is 37.4 Å². The van der Waals surface area contributed by atoms with Crippen molar-refractivity contribution in [3.8, 4) is 0 Å². The molecule has 0 bridgehead atoms. The molecule has 120 valence electrons. The number of halogens is 3. The molecule has 1 aliphatic rings. The first-order valence-corrected chi connectivity index (χ1v) is 7.00. The molecule has 6 heteroatoms. The van der Waals surface area contributed by atoms with Crippen molar-refractivity contribution >= 4 is 5.91 Å². The molecule has 0 aromatic heterocycles. The number of hydrogen-bond donors (Lipinski definition) is 1. The second-order valence-corrected chi connectivity index (χ2v) is 5.70. The largest absolute Gasteiger partial charge is 0.416 e. The lowest BCUT2D eigenvalue weighted by Crippen LogP contribution is -2.31. The van der Waals surface area contributed by atoms with Gasteiger partial charge in [0.2, 0.25) is 5.91 Å². The van der Waals surface area contributed by atoms with Gasteiger partial charge in [0, 0.05) is 12.6 Å². The van der Waals surface area contributed by atoms with Gasteiger partial charge in [-0.25, -0.2) is 0 Å². The molecule has 0 saturated carbocycles. The Hall–Kier alpha value is -1.82. The van der Waals surface area contributed by atoms with Crippen LogP contribution in [0.5, 0.6) is 0 Å². The van der Waals surface area contributed by atoms with E-state index < -0.39 is 23.9 Å². The number of allylic oxidation sites excluding steroid dienone is 1. The summed E-state index contributed by atoms with van der Waals surface area (Å²) in [7, 11) is 0. The fraction of sp³-hybridized carbons (Fsp3) is 0.438. The zero-order chi connectivity index (χ0) is 16.5. The van der Waals surface area contributed by atoms with E-state index in [0.29, 0.717) is 0 Å². The van der Waals surface area contributed by atoms with Crippen LogP contribution in [-0.4, -0.2) is 28.6 Å². The van der Waals surface area contributed by atoms with Crippen molar-refractivity contribution in [1.82, 2.24) is 4.90 Å². The highest BCUT2D eigenvalue weighted by Crippen LogP contribution is 2.40. The minimum Gasteiger partial charge on any atom is -0.391 e. The van der Waals surface area contributed by atoms with E-state index in [1.165, 1.54) is 29.2 Å². The van der Waals surface area contributed by atoms with E-state index >= 15 is 0 Å². The second-order valence-electron chi connectivity index (χ2n) is 5.70. The Morgan fingerprint density at radius 1 is 1.32 bits per heavy atom. The standard InChI is InChI=1S/C16H18F3NO2/c1-10(2)7-15(22)20-9-11(21)8-14(20)12-5-3-4-6-13(12)16(17,18)19/h3-7,11,14,21H,8-9H2,1-2H3/t11-,14-/m1/s1. The summed E-state index contributed by atoms with van der Waals surface area (Å²) >= 11 is 0. The second kappa shape index (κ2) is 6.12. The van der Waals surface area contributed by atoms with Crippen LogP contribution in [0.2, 0.25) is 0 Å². The number of carbonyl (C=O) groups is 1. The Bertz CT molecular complexity index is 591. The molecule has 1 saturated heterocycles. The number of β-amino-alcohol motifs (C(OH)–C–C–N with tert-alkyl or cyclic N) is 1. The Balaban J connectivity index is 2.42. The van der Waals surface area contributed by atoms with Crippen LogP contribution in [-0.2, 0) is 11.0 Å². The van der Waals surface area contributed by atoms with Crippen molar-refractivity contribution in [2.45, 2.75) is 38.6 Å². The molecule has 1 aliphatic heterocycles. The molecule has 1 fully saturated rings. The summed E-state index contributed by atoms with van der Waals surface area (Å²) in [4.78, 5) is 13.5. The lowest BCUT2D eigenvalue weighted by Gasteiger charge is -2.26. The van der Waals surface area contributed by atoms with E-state index in [1.807, 2.05) is 0 Å². The first-order valence-electron chi connectivity index (χ1n) is 7.00. The van der Waals surface area contributed by atoms with Crippen LogP contribution >= 0.6 is 0 Å². The highest BCUT2D eigenvalue weighted by Gasteiger charge is 2.40. The van der Waals surface area contributed by atoms with Crippen molar-refractivity contribution < 1.29 is 23.1 Å². The van der Waals surface area contributed by atoms with E-state index in [-0.39, 0.29) is 24.4 Å². The van der Waals surface area contributed by atoms with E-state index in [9.17, 15) is 23.1 Å². The number of carbonyl (C=O) groups excluding carboxylic acids is 1. The highest BCUT2D eigenvalue weighted by atomic mass is 19.4. The maximum Gasteiger partial charge on any atom is 0.416 e. The molecule has 0 unspecified atom stereocenters. The fourth-order valence-corrected chi connectivity index (χ4v) is 2.73. The molecule has 1 aromatic rings. The predicted molar refractivity (Wildman–Crippen MR) is 76.0 cm³/mol. The predicted octanol–water partition coefficient (Wildman–Crippen LogP) is 3.31. The van der Waals surface area contributed by atoms with Crippen molar-refractivity contribution in [3.05, 3.63) is 47.0 Å². The summed E-state index contributed by atoms with van der Waals surface area (Å²) in [6.07, 6.45) is -3.83. The average Bonchev–Trinajstić information content (AvgIpc) is 2.79. The molecular formula is C16H18F3NO2. The normalized spacial score (nSPS) is 21.8. The molecule has 1 heterocycles. The number of nitrogens with zero attached hydrogens (tertiary/aromatic N) is 1. The number of aliphatic hydroxyl groups excluding tert-OH is 1. The molecule has 1 aromatic carbocycles. The average molecular weight is 313 g/mol. The van der Waals surface area contributed by atoms with Gasteiger partial charge >= 0.3 is 6.18 Å². The molecule has 2 atom stereocenters. The maximum absolute atomic E-state index is 13.2. The van der Waals surface area contributed by atoms with Crippen LogP contribution in [0, 0.1) is 0 Å². The summed E-state index contributed by atoms with van der Waals surface area (Å²) in [6, 6.07) is 4.44. The van der Waals surface area contributed by atoms with Crippen molar-refractivity contribution in [2.24, 2.45) is 0 Å². The maximum atomic E-state index is 13.2. The summed E-state index contributed by atoms with van der Waals surface area (Å²) in [5.74, 6) is -0.376. The van der Waals surface area contributed by atoms with E-state index in [2.05, 4.69) is 0 Å². The first-order chi connectivity index (χ1) is 10.2. The molecule has 2 rings (SSSR count). The molecular weight excluding hydrogens is 295 g/mol. The van der Waals surface area contributed by atoms with Crippen LogP contribution in [0.15, 0.2) is 35.9 Å². The quantitative estimate of drug-likeness (QED) is 0.851. The van der Waals surface area contributed by atoms with Gasteiger partial charge in [-0.2, -0.15) is 13.2 Å². The Morgan fingerprint density at radius 2 is 1.95 bits per heavy atom. The van der Waals surface area contributed by atoms with Gasteiger partial charge in [0.25, 0.3) is 0 Å². The number of hydrogen-bond acceptors (Lipinski definition) is 2. The van der Waals surface area contributed by atoms with Crippen LogP contribution in [0.4, 0.5) is 13.2 Å². The third-order valence-electron chi connectivity index (χ3n) is 3.60. The fourth-order valence-electron chi connectivity index (χ4n) is 2.73. The molecule has 22 heavy (non-hydrogen) atoms. The van der Waals surface area contributed by atoms with Gasteiger partial charge in [-0.1, -0.05) is 23.8 Å². The van der Waals surface area contributed by atoms with Gasteiger partial charge in [0.15, 0.2) is 0 Å². The lowest BCUT2D eigenvalue weighted by atomic mass is 9.97. The summed E-state index contributed by atoms with van der Waals surface area (Å²) < 4.78 is 39.5. The lowest BCUT2D eigenvalue weighted by molar-refractivity contribution is -0.139. The first kappa shape index (κ1) is 16.5. The minimum absolute atomic E-state index is 0.0297. The molecule has 0 radical (unpaired) electrons. The number of benzene rings is 1. The number of alkyl halides is 3. The SMILES string of the molecule is CC(C)=CC(=O)N1C[C@H](O)C[C@@H]1c1ccccc1C(F)(F)F. The van der Waals surface area contributed by atoms with Gasteiger partial charge in [-0.3, -0.25) is 4.79 Å². The molecule has 1 amide bonds. The number of likely N-dealkylation sites (tertiary alicyclic amines) is 1. The number of aliphatic hydroxyl groups is 1. The van der Waals surface area contributed by atoms with Crippen molar-refractivity contribution in [1.29, 1.82) is 0 Å². The van der Waals surface area contributed by atoms with Crippen molar-refractivity contribution in [2.75, 3.05) is 6.54 Å². The number of rotatable bonds is 2. The van der Waals surface area contributed by atoms with Crippen LogP contribution < -0.4 is 0 Å². The molecule has 1 N–H and O–H groups in total. The van der Waals surface area contributed by atoms with E-state index in [0.717, 1.165) is 11.6 Å². The molecule has 3 nitrogen and oxygen atoms in total. The van der Waals surface area contributed by atoms with E-state index in [1.54, 1.807) is 13.8 Å². The topological polar surface area (TPSA) is 40.5 Å². The van der Waals surface area contributed by atoms with Crippen molar-refractivity contribution in [3.63, 3.8) is 0 Å². The zero-order valence-corrected chi connectivity index (χ0v) is 12.4. The summed E-state index contributed by atoms with van der Waals surface area (Å²) in [5, 5.41) is 9.81. The zero-order valence-electron chi connectivity index (χ0n) is 12.4. The monoisotopic (exact) mass is 313 g/mol. The Kier molecular flexibility index (Phi) is 4.60. The third-order valence-corrected chi connectivity index (χ3v) is 3.60. The van der Waals surface area contributed by atoms with Gasteiger partial charge in [0.05, 0.1) is 17.7 Å². The van der Waals surface area contributed by atoms with Gasteiger partial charge in [0.1, 0.15) is 0 Å². The summed E-state index contributed by atoms with van der Waals surface area (Å²) in [6.45, 7) is 3.52. The molecule has 0 aliphatic carbocycles. The number of amides is 1. The Morgan fingerprint density at radius 3 is 2.55 bits per heavy atom. The summed E-state index contributed by atoms with van der Waals surface area (Å²) in [5.41, 5.74) is 0.0282. The highest BCUT2D eigenvalue weighted by molar-refractivity contribution is 5.88. The molecule has 0 spiro atoms. The van der Waals surface area contributed by atoms with Crippen LogP contribution in [0.3, 0.4) is 0 Å². The van der Waals surface area contributed by atoms with Gasteiger partial charge in [-0.15, -0.1) is 0 Å².